The molecule has 1 aromatic heterocycles. The largest absolute Gasteiger partial charge is 0.481 e. The zero-order chi connectivity index (χ0) is 14.5. The maximum atomic E-state index is 13.0. The highest BCUT2D eigenvalue weighted by Gasteiger charge is 2.12. The summed E-state index contributed by atoms with van der Waals surface area (Å²) in [6.07, 6.45) is 0. The molecule has 0 spiro atoms. The Morgan fingerprint density at radius 2 is 2.15 bits per heavy atom. The molecule has 0 amide bonds. The van der Waals surface area contributed by atoms with Gasteiger partial charge >= 0.3 is 5.97 Å². The Morgan fingerprint density at radius 3 is 2.75 bits per heavy atom. The second-order valence-corrected chi connectivity index (χ2v) is 4.97. The molecule has 0 aliphatic rings. The zero-order valence-electron chi connectivity index (χ0n) is 10.7. The Morgan fingerprint density at radius 1 is 1.45 bits per heavy atom. The molecule has 0 saturated heterocycles. The van der Waals surface area contributed by atoms with E-state index < -0.39 is 5.97 Å². The van der Waals surface area contributed by atoms with Crippen LogP contribution in [0.1, 0.15) is 5.69 Å². The topological polar surface area (TPSA) is 64.3 Å². The summed E-state index contributed by atoms with van der Waals surface area (Å²) in [6, 6.07) is 7.60. The van der Waals surface area contributed by atoms with Gasteiger partial charge in [0.1, 0.15) is 10.8 Å². The Hall–Kier alpha value is -1.86. The van der Waals surface area contributed by atoms with E-state index in [1.54, 1.807) is 30.0 Å². The van der Waals surface area contributed by atoms with Gasteiger partial charge in [-0.25, -0.2) is 9.07 Å². The Kier molecular flexibility index (Phi) is 4.75. The second-order valence-electron chi connectivity index (χ2n) is 3.98. The third-order valence-corrected chi connectivity index (χ3v) is 3.41. The highest BCUT2D eigenvalue weighted by atomic mass is 32.2. The lowest BCUT2D eigenvalue weighted by Gasteiger charge is -2.05. The summed E-state index contributed by atoms with van der Waals surface area (Å²) in [5, 5.41) is 13.8. The lowest BCUT2D eigenvalue weighted by Crippen LogP contribution is -2.02. The number of carboxylic acid groups (broad SMARTS) is 1. The Bertz CT molecular complexity index is 598. The van der Waals surface area contributed by atoms with Crippen molar-refractivity contribution in [3.05, 3.63) is 41.8 Å². The number of ether oxygens (including phenoxy) is 1. The summed E-state index contributed by atoms with van der Waals surface area (Å²) >= 11 is 1.15. The number of thioether (sulfide) groups is 1. The van der Waals surface area contributed by atoms with Gasteiger partial charge in [0.2, 0.25) is 0 Å². The first-order valence-corrected chi connectivity index (χ1v) is 6.77. The van der Waals surface area contributed by atoms with Gasteiger partial charge in [0.25, 0.3) is 0 Å². The van der Waals surface area contributed by atoms with Gasteiger partial charge in [-0.1, -0.05) is 11.8 Å². The molecule has 1 heterocycles. The van der Waals surface area contributed by atoms with Crippen molar-refractivity contribution < 1.29 is 19.0 Å². The van der Waals surface area contributed by atoms with E-state index in [-0.39, 0.29) is 11.6 Å². The summed E-state index contributed by atoms with van der Waals surface area (Å²) in [5.41, 5.74) is 1.35. The van der Waals surface area contributed by atoms with Crippen molar-refractivity contribution in [1.29, 1.82) is 0 Å². The molecular weight excluding hydrogens is 283 g/mol. The van der Waals surface area contributed by atoms with Crippen molar-refractivity contribution in [3.63, 3.8) is 0 Å². The van der Waals surface area contributed by atoms with Crippen LogP contribution in [0.5, 0.6) is 0 Å². The minimum atomic E-state index is -0.907. The molecule has 2 rings (SSSR count). The number of benzene rings is 1. The van der Waals surface area contributed by atoms with E-state index in [1.165, 1.54) is 12.1 Å². The average Bonchev–Trinajstić information content (AvgIpc) is 2.81. The van der Waals surface area contributed by atoms with Crippen molar-refractivity contribution in [2.24, 2.45) is 0 Å². The van der Waals surface area contributed by atoms with Crippen LogP contribution in [-0.4, -0.2) is 33.7 Å². The molecule has 7 heteroatoms. The lowest BCUT2D eigenvalue weighted by atomic mass is 10.3. The third-order valence-electron chi connectivity index (χ3n) is 2.43. The van der Waals surface area contributed by atoms with E-state index in [9.17, 15) is 9.18 Å². The van der Waals surface area contributed by atoms with Crippen LogP contribution < -0.4 is 0 Å². The van der Waals surface area contributed by atoms with Gasteiger partial charge in [0, 0.05) is 7.11 Å². The maximum Gasteiger partial charge on any atom is 0.313 e. The van der Waals surface area contributed by atoms with Gasteiger partial charge in [-0.15, -0.1) is 0 Å². The molecule has 2 aromatic rings. The van der Waals surface area contributed by atoms with Crippen molar-refractivity contribution in [3.8, 4) is 5.69 Å². The summed E-state index contributed by atoms with van der Waals surface area (Å²) in [5.74, 6) is -1.31. The van der Waals surface area contributed by atoms with Crippen molar-refractivity contribution in [1.82, 2.24) is 9.78 Å². The molecular formula is C13H13FN2O3S. The van der Waals surface area contributed by atoms with E-state index >= 15 is 0 Å². The van der Waals surface area contributed by atoms with Gasteiger partial charge in [-0.05, 0) is 30.3 Å². The monoisotopic (exact) mass is 296 g/mol. The van der Waals surface area contributed by atoms with Crippen LogP contribution >= 0.6 is 11.8 Å². The van der Waals surface area contributed by atoms with Crippen LogP contribution in [0, 0.1) is 5.82 Å². The summed E-state index contributed by atoms with van der Waals surface area (Å²) in [4.78, 5) is 10.7. The SMILES string of the molecule is COCc1cc(SCC(=O)O)n(-c2ccc(F)cc2)n1. The van der Waals surface area contributed by atoms with Crippen LogP contribution in [0.3, 0.4) is 0 Å². The van der Waals surface area contributed by atoms with Gasteiger partial charge in [0.15, 0.2) is 0 Å². The van der Waals surface area contributed by atoms with Crippen LogP contribution in [0.15, 0.2) is 35.4 Å². The first-order chi connectivity index (χ1) is 9.60. The first kappa shape index (κ1) is 14.5. The van der Waals surface area contributed by atoms with Crippen molar-refractivity contribution >= 4 is 17.7 Å². The normalized spacial score (nSPS) is 10.7. The number of nitrogens with zero attached hydrogens (tertiary/aromatic N) is 2. The molecule has 5 nitrogen and oxygen atoms in total. The van der Waals surface area contributed by atoms with Crippen molar-refractivity contribution in [2.45, 2.75) is 11.6 Å². The molecule has 0 bridgehead atoms. The highest BCUT2D eigenvalue weighted by Crippen LogP contribution is 2.23. The molecule has 106 valence electrons. The predicted molar refractivity (Wildman–Crippen MR) is 72.6 cm³/mol. The second kappa shape index (κ2) is 6.53. The van der Waals surface area contributed by atoms with E-state index in [4.69, 9.17) is 9.84 Å². The molecule has 0 aliphatic heterocycles. The Labute approximate surface area is 119 Å². The number of halogens is 1. The molecule has 1 aromatic carbocycles. The Balaban J connectivity index is 2.33. The molecule has 0 radical (unpaired) electrons. The van der Waals surface area contributed by atoms with Gasteiger partial charge in [-0.3, -0.25) is 4.79 Å². The predicted octanol–water partition coefficient (Wildman–Crippen LogP) is 2.33. The van der Waals surface area contributed by atoms with Crippen LogP contribution in [0.25, 0.3) is 5.69 Å². The lowest BCUT2D eigenvalue weighted by molar-refractivity contribution is -0.133. The maximum absolute atomic E-state index is 13.0. The number of hydrogen-bond acceptors (Lipinski definition) is 4. The highest BCUT2D eigenvalue weighted by molar-refractivity contribution is 7.99. The van der Waals surface area contributed by atoms with E-state index in [0.29, 0.717) is 23.0 Å². The molecule has 0 fully saturated rings. The average molecular weight is 296 g/mol. The van der Waals surface area contributed by atoms with E-state index in [2.05, 4.69) is 5.10 Å². The zero-order valence-corrected chi connectivity index (χ0v) is 11.6. The molecule has 0 saturated carbocycles. The quantitative estimate of drug-likeness (QED) is 0.829. The number of rotatable bonds is 6. The minimum Gasteiger partial charge on any atom is -0.481 e. The molecule has 1 N–H and O–H groups in total. The van der Waals surface area contributed by atoms with Crippen molar-refractivity contribution in [2.75, 3.05) is 12.9 Å². The number of aromatic nitrogens is 2. The molecule has 0 aliphatic carbocycles. The standard InChI is InChI=1S/C13H13FN2O3S/c1-19-7-10-6-12(20-8-13(17)18)16(15-10)11-4-2-9(14)3-5-11/h2-6H,7-8H2,1H3,(H,17,18). The summed E-state index contributed by atoms with van der Waals surface area (Å²) in [7, 11) is 1.56. The molecule has 0 unspecified atom stereocenters. The first-order valence-electron chi connectivity index (χ1n) is 5.78. The smallest absolute Gasteiger partial charge is 0.313 e. The number of carbonyl (C=O) groups is 1. The summed E-state index contributed by atoms with van der Waals surface area (Å²) < 4.78 is 19.6. The van der Waals surface area contributed by atoms with Gasteiger partial charge in [-0.2, -0.15) is 5.10 Å². The van der Waals surface area contributed by atoms with Gasteiger partial charge < -0.3 is 9.84 Å². The molecule has 20 heavy (non-hydrogen) atoms. The fourth-order valence-corrected chi connectivity index (χ4v) is 2.39. The number of methoxy groups -OCH3 is 1. The van der Waals surface area contributed by atoms with Crippen LogP contribution in [0.4, 0.5) is 4.39 Å². The van der Waals surface area contributed by atoms with Crippen LogP contribution in [0.2, 0.25) is 0 Å². The fraction of sp³-hybridized carbons (Fsp3) is 0.231. The van der Waals surface area contributed by atoms with E-state index in [0.717, 1.165) is 11.8 Å². The molecule has 0 atom stereocenters. The number of hydrogen-bond donors (Lipinski definition) is 1. The third kappa shape index (κ3) is 3.58. The van der Waals surface area contributed by atoms with E-state index in [1.807, 2.05) is 0 Å². The minimum absolute atomic E-state index is 0.0701. The number of carboxylic acids is 1. The number of aliphatic carboxylic acids is 1. The van der Waals surface area contributed by atoms with Gasteiger partial charge in [0.05, 0.1) is 23.7 Å². The summed E-state index contributed by atoms with van der Waals surface area (Å²) in [6.45, 7) is 0.328. The fourth-order valence-electron chi connectivity index (χ4n) is 1.63. The van der Waals surface area contributed by atoms with Crippen LogP contribution in [-0.2, 0) is 16.1 Å².